The molecule has 3 aromatic rings. The van der Waals surface area contributed by atoms with Crippen molar-refractivity contribution in [3.8, 4) is 17.2 Å². The Morgan fingerprint density at radius 1 is 1.22 bits per heavy atom. The second kappa shape index (κ2) is 6.79. The van der Waals surface area contributed by atoms with Gasteiger partial charge in [0, 0.05) is 17.8 Å². The monoisotopic (exact) mass is 363 g/mol. The number of nitrogens with zero attached hydrogens (tertiary/aromatic N) is 3. The lowest BCUT2D eigenvalue weighted by molar-refractivity contribution is 0.0955. The van der Waals surface area contributed by atoms with E-state index in [1.807, 2.05) is 68.6 Å². The number of carbonyl (C=O) groups excluding carboxylic acids is 1. The van der Waals surface area contributed by atoms with Crippen molar-refractivity contribution in [2.24, 2.45) is 0 Å². The fourth-order valence-electron chi connectivity index (χ4n) is 3.25. The van der Waals surface area contributed by atoms with Crippen LogP contribution in [0.4, 0.5) is 5.69 Å². The third-order valence-electron chi connectivity index (χ3n) is 4.59. The Kier molecular flexibility index (Phi) is 4.32. The normalized spacial score (nSPS) is 15.8. The highest BCUT2D eigenvalue weighted by Gasteiger charge is 2.31. The van der Waals surface area contributed by atoms with Crippen molar-refractivity contribution in [3.63, 3.8) is 0 Å². The molecule has 1 unspecified atom stereocenters. The van der Waals surface area contributed by atoms with Gasteiger partial charge in [0.05, 0.1) is 25.0 Å². The minimum absolute atomic E-state index is 0.105. The summed E-state index contributed by atoms with van der Waals surface area (Å²) in [6, 6.07) is 15.2. The number of anilines is 1. The summed E-state index contributed by atoms with van der Waals surface area (Å²) in [4.78, 5) is 15.0. The van der Waals surface area contributed by atoms with Gasteiger partial charge in [0.1, 0.15) is 17.6 Å². The standard InChI is InChI=1S/C21H21N3O3/c1-14-12-24(16-7-5-4-6-8-16)22-20(14)21(25)23-13-15(2)27-19-10-9-17(26-3)11-18(19)23/h4-12,15H,13H2,1-3H3. The molecular weight excluding hydrogens is 342 g/mol. The largest absolute Gasteiger partial charge is 0.497 e. The molecule has 1 aliphatic rings. The van der Waals surface area contributed by atoms with Crippen LogP contribution in [0.3, 0.4) is 0 Å². The van der Waals surface area contributed by atoms with Gasteiger partial charge >= 0.3 is 0 Å². The SMILES string of the molecule is COc1ccc2c(c1)N(C(=O)c1nn(-c3ccccc3)cc1C)CC(C)O2. The summed E-state index contributed by atoms with van der Waals surface area (Å²) in [5.74, 6) is 1.20. The predicted octanol–water partition coefficient (Wildman–Crippen LogP) is 3.62. The van der Waals surface area contributed by atoms with Crippen molar-refractivity contribution >= 4 is 11.6 Å². The first-order valence-corrected chi connectivity index (χ1v) is 8.85. The second-order valence-electron chi connectivity index (χ2n) is 6.62. The Morgan fingerprint density at radius 2 is 2.00 bits per heavy atom. The predicted molar refractivity (Wildman–Crippen MR) is 103 cm³/mol. The smallest absolute Gasteiger partial charge is 0.279 e. The molecule has 0 bridgehead atoms. The summed E-state index contributed by atoms with van der Waals surface area (Å²) in [5, 5.41) is 4.55. The van der Waals surface area contributed by atoms with Crippen molar-refractivity contribution in [2.75, 3.05) is 18.6 Å². The number of carbonyl (C=O) groups is 1. The van der Waals surface area contributed by atoms with E-state index in [0.29, 0.717) is 29.4 Å². The molecule has 2 heterocycles. The van der Waals surface area contributed by atoms with Crippen molar-refractivity contribution in [1.82, 2.24) is 9.78 Å². The third kappa shape index (κ3) is 3.14. The summed E-state index contributed by atoms with van der Waals surface area (Å²) in [5.41, 5.74) is 2.87. The van der Waals surface area contributed by atoms with Gasteiger partial charge in [0.25, 0.3) is 5.91 Å². The van der Waals surface area contributed by atoms with Crippen LogP contribution in [0.1, 0.15) is 23.0 Å². The highest BCUT2D eigenvalue weighted by molar-refractivity contribution is 6.07. The van der Waals surface area contributed by atoms with Gasteiger partial charge in [-0.25, -0.2) is 4.68 Å². The topological polar surface area (TPSA) is 56.6 Å². The molecule has 1 aliphatic heterocycles. The molecule has 1 amide bonds. The molecule has 2 aromatic carbocycles. The van der Waals surface area contributed by atoms with E-state index < -0.39 is 0 Å². The van der Waals surface area contributed by atoms with E-state index in [9.17, 15) is 4.79 Å². The number of methoxy groups -OCH3 is 1. The summed E-state index contributed by atoms with van der Waals surface area (Å²) in [7, 11) is 1.60. The summed E-state index contributed by atoms with van der Waals surface area (Å²) in [6.45, 7) is 4.30. The lowest BCUT2D eigenvalue weighted by Crippen LogP contribution is -2.42. The Bertz CT molecular complexity index is 982. The summed E-state index contributed by atoms with van der Waals surface area (Å²) < 4.78 is 12.9. The average molecular weight is 363 g/mol. The van der Waals surface area contributed by atoms with Crippen molar-refractivity contribution in [3.05, 3.63) is 66.0 Å². The minimum Gasteiger partial charge on any atom is -0.497 e. The van der Waals surface area contributed by atoms with Gasteiger partial charge in [-0.2, -0.15) is 5.10 Å². The first kappa shape index (κ1) is 17.1. The van der Waals surface area contributed by atoms with Crippen LogP contribution in [0.5, 0.6) is 11.5 Å². The zero-order chi connectivity index (χ0) is 19.0. The van der Waals surface area contributed by atoms with Gasteiger partial charge in [0.2, 0.25) is 0 Å². The minimum atomic E-state index is -0.146. The number of fused-ring (bicyclic) bond motifs is 1. The average Bonchev–Trinajstić information content (AvgIpc) is 3.09. The first-order valence-electron chi connectivity index (χ1n) is 8.85. The molecule has 4 rings (SSSR count). The Morgan fingerprint density at radius 3 is 2.74 bits per heavy atom. The molecule has 6 nitrogen and oxygen atoms in total. The maximum Gasteiger partial charge on any atom is 0.279 e. The Hall–Kier alpha value is -3.28. The number of ether oxygens (including phenoxy) is 2. The molecule has 0 spiro atoms. The number of aromatic nitrogens is 2. The van der Waals surface area contributed by atoms with E-state index in [2.05, 4.69) is 5.10 Å². The molecule has 0 N–H and O–H groups in total. The van der Waals surface area contributed by atoms with Crippen LogP contribution in [0.15, 0.2) is 54.7 Å². The third-order valence-corrected chi connectivity index (χ3v) is 4.59. The van der Waals surface area contributed by atoms with Crippen LogP contribution in [0.25, 0.3) is 5.69 Å². The van der Waals surface area contributed by atoms with E-state index in [0.717, 1.165) is 11.3 Å². The number of amides is 1. The zero-order valence-electron chi connectivity index (χ0n) is 15.5. The fraction of sp³-hybridized carbons (Fsp3) is 0.238. The van der Waals surface area contributed by atoms with Crippen LogP contribution in [0.2, 0.25) is 0 Å². The Labute approximate surface area is 157 Å². The van der Waals surface area contributed by atoms with E-state index in [1.54, 1.807) is 16.7 Å². The number of aryl methyl sites for hydroxylation is 1. The quantitative estimate of drug-likeness (QED) is 0.713. The molecule has 0 saturated carbocycles. The number of benzene rings is 2. The zero-order valence-corrected chi connectivity index (χ0v) is 15.5. The molecule has 1 aromatic heterocycles. The number of rotatable bonds is 3. The molecule has 6 heteroatoms. The number of hydrogen-bond acceptors (Lipinski definition) is 4. The molecular formula is C21H21N3O3. The molecule has 0 fully saturated rings. The van der Waals surface area contributed by atoms with E-state index in [1.165, 1.54) is 0 Å². The molecule has 138 valence electrons. The maximum atomic E-state index is 13.3. The summed E-state index contributed by atoms with van der Waals surface area (Å²) >= 11 is 0. The fourth-order valence-corrected chi connectivity index (χ4v) is 3.25. The maximum absolute atomic E-state index is 13.3. The van der Waals surface area contributed by atoms with E-state index in [-0.39, 0.29) is 12.0 Å². The Balaban J connectivity index is 1.73. The van der Waals surface area contributed by atoms with Gasteiger partial charge in [-0.15, -0.1) is 0 Å². The highest BCUT2D eigenvalue weighted by Crippen LogP contribution is 2.37. The number of hydrogen-bond donors (Lipinski definition) is 0. The van der Waals surface area contributed by atoms with Crippen LogP contribution in [-0.4, -0.2) is 35.4 Å². The van der Waals surface area contributed by atoms with Crippen LogP contribution >= 0.6 is 0 Å². The molecule has 27 heavy (non-hydrogen) atoms. The lowest BCUT2D eigenvalue weighted by atomic mass is 10.1. The molecule has 0 radical (unpaired) electrons. The van der Waals surface area contributed by atoms with Gasteiger partial charge < -0.3 is 9.47 Å². The summed E-state index contributed by atoms with van der Waals surface area (Å²) in [6.07, 6.45) is 1.77. The van der Waals surface area contributed by atoms with Crippen LogP contribution < -0.4 is 14.4 Å². The molecule has 0 saturated heterocycles. The second-order valence-corrected chi connectivity index (χ2v) is 6.62. The van der Waals surface area contributed by atoms with Gasteiger partial charge in [-0.05, 0) is 38.1 Å². The first-order chi connectivity index (χ1) is 13.1. The highest BCUT2D eigenvalue weighted by atomic mass is 16.5. The van der Waals surface area contributed by atoms with Crippen molar-refractivity contribution < 1.29 is 14.3 Å². The van der Waals surface area contributed by atoms with Gasteiger partial charge in [0.15, 0.2) is 5.69 Å². The lowest BCUT2D eigenvalue weighted by Gasteiger charge is -2.33. The van der Waals surface area contributed by atoms with Gasteiger partial charge in [-0.3, -0.25) is 9.69 Å². The molecule has 1 atom stereocenters. The number of para-hydroxylation sites is 1. The van der Waals surface area contributed by atoms with E-state index >= 15 is 0 Å². The molecule has 0 aliphatic carbocycles. The van der Waals surface area contributed by atoms with Crippen LogP contribution in [0, 0.1) is 6.92 Å². The van der Waals surface area contributed by atoms with Crippen molar-refractivity contribution in [2.45, 2.75) is 20.0 Å². The van der Waals surface area contributed by atoms with E-state index in [4.69, 9.17) is 9.47 Å². The van der Waals surface area contributed by atoms with Crippen LogP contribution in [-0.2, 0) is 0 Å². The van der Waals surface area contributed by atoms with Crippen molar-refractivity contribution in [1.29, 1.82) is 0 Å². The van der Waals surface area contributed by atoms with Gasteiger partial charge in [-0.1, -0.05) is 18.2 Å².